The third-order valence-corrected chi connectivity index (χ3v) is 6.63. The predicted octanol–water partition coefficient (Wildman–Crippen LogP) is 2.39. The number of piperazine rings is 1. The Bertz CT molecular complexity index is 830. The number of carbonyl (C=O) groups is 1. The van der Waals surface area contributed by atoms with Crippen molar-refractivity contribution >= 4 is 17.6 Å². The molecule has 1 aromatic rings. The fourth-order valence-corrected chi connectivity index (χ4v) is 4.70. The van der Waals surface area contributed by atoms with Gasteiger partial charge in [-0.2, -0.15) is 5.26 Å². The Morgan fingerprint density at radius 1 is 1.21 bits per heavy atom. The van der Waals surface area contributed by atoms with Crippen LogP contribution in [0.3, 0.4) is 0 Å². The highest BCUT2D eigenvalue weighted by molar-refractivity contribution is 6.02. The van der Waals surface area contributed by atoms with E-state index in [0.717, 1.165) is 63.3 Å². The SMILES string of the molecule is COc1cccc(N2CCN(C3=NC4(CCC(C)CC4)[C@H](C#N)C(=O)N3)CC2)c1. The molecule has 2 heterocycles. The van der Waals surface area contributed by atoms with Crippen molar-refractivity contribution in [3.63, 3.8) is 0 Å². The fourth-order valence-electron chi connectivity index (χ4n) is 4.70. The van der Waals surface area contributed by atoms with E-state index in [1.54, 1.807) is 7.11 Å². The monoisotopic (exact) mass is 395 g/mol. The number of hydrogen-bond acceptors (Lipinski definition) is 6. The number of methoxy groups -OCH3 is 1. The van der Waals surface area contributed by atoms with Gasteiger partial charge in [-0.25, -0.2) is 4.99 Å². The van der Waals surface area contributed by atoms with Gasteiger partial charge in [0.15, 0.2) is 5.92 Å². The van der Waals surface area contributed by atoms with Gasteiger partial charge in [0.05, 0.1) is 18.7 Å². The van der Waals surface area contributed by atoms with Crippen molar-refractivity contribution in [1.29, 1.82) is 5.26 Å². The average Bonchev–Trinajstić information content (AvgIpc) is 2.76. The zero-order valence-electron chi connectivity index (χ0n) is 17.2. The van der Waals surface area contributed by atoms with Crippen molar-refractivity contribution in [3.05, 3.63) is 24.3 Å². The number of rotatable bonds is 2. The second-order valence-electron chi connectivity index (χ2n) is 8.45. The van der Waals surface area contributed by atoms with Gasteiger partial charge in [0.2, 0.25) is 11.9 Å². The summed E-state index contributed by atoms with van der Waals surface area (Å²) < 4.78 is 5.34. The van der Waals surface area contributed by atoms with Gasteiger partial charge >= 0.3 is 0 Å². The lowest BCUT2D eigenvalue weighted by Gasteiger charge is -2.45. The Hall–Kier alpha value is -2.75. The number of benzene rings is 1. The molecule has 0 aromatic heterocycles. The first kappa shape index (κ1) is 19.6. The first-order chi connectivity index (χ1) is 14.0. The summed E-state index contributed by atoms with van der Waals surface area (Å²) in [6.07, 6.45) is 3.66. The highest BCUT2D eigenvalue weighted by Gasteiger charge is 2.49. The van der Waals surface area contributed by atoms with Crippen molar-refractivity contribution in [2.24, 2.45) is 16.8 Å². The number of nitriles is 1. The number of carbonyl (C=O) groups excluding carboxylic acids is 1. The molecule has 1 aromatic carbocycles. The number of guanidine groups is 1. The number of nitrogens with zero attached hydrogens (tertiary/aromatic N) is 4. The van der Waals surface area contributed by atoms with Crippen LogP contribution in [0.2, 0.25) is 0 Å². The van der Waals surface area contributed by atoms with E-state index in [4.69, 9.17) is 9.73 Å². The van der Waals surface area contributed by atoms with Crippen LogP contribution in [0.5, 0.6) is 5.75 Å². The Kier molecular flexibility index (Phi) is 5.35. The van der Waals surface area contributed by atoms with Gasteiger partial charge in [0, 0.05) is 37.9 Å². The van der Waals surface area contributed by atoms with Gasteiger partial charge in [0.1, 0.15) is 5.75 Å². The van der Waals surface area contributed by atoms with Crippen molar-refractivity contribution in [3.8, 4) is 11.8 Å². The van der Waals surface area contributed by atoms with Crippen LogP contribution in [0.15, 0.2) is 29.3 Å². The molecule has 1 saturated carbocycles. The van der Waals surface area contributed by atoms with E-state index in [0.29, 0.717) is 11.9 Å². The minimum atomic E-state index is -0.683. The van der Waals surface area contributed by atoms with Crippen LogP contribution >= 0.6 is 0 Å². The molecule has 1 N–H and O–H groups in total. The van der Waals surface area contributed by atoms with E-state index in [2.05, 4.69) is 34.2 Å². The summed E-state index contributed by atoms with van der Waals surface area (Å²) in [4.78, 5) is 22.2. The van der Waals surface area contributed by atoms with E-state index < -0.39 is 11.5 Å². The van der Waals surface area contributed by atoms with E-state index in [1.807, 2.05) is 18.2 Å². The third kappa shape index (κ3) is 3.76. The number of nitrogens with one attached hydrogen (secondary N) is 1. The second kappa shape index (κ2) is 7.94. The molecule has 7 nitrogen and oxygen atoms in total. The van der Waals surface area contributed by atoms with Crippen molar-refractivity contribution in [1.82, 2.24) is 10.2 Å². The molecule has 0 bridgehead atoms. The molecule has 0 radical (unpaired) electrons. The standard InChI is InChI=1S/C22H29N5O2/c1-16-6-8-22(9-7-16)19(15-23)20(28)24-21(25-22)27-12-10-26(11-13-27)17-4-3-5-18(14-17)29-2/h3-5,14,16,19H,6-13H2,1-2H3,(H,24,25,28)/t16?,19-,22?/m1/s1. The maximum absolute atomic E-state index is 12.7. The molecular formula is C22H29N5O2. The van der Waals surface area contributed by atoms with Gasteiger partial charge in [0.25, 0.3) is 0 Å². The quantitative estimate of drug-likeness (QED) is 0.832. The van der Waals surface area contributed by atoms with Gasteiger partial charge in [-0.15, -0.1) is 0 Å². The smallest absolute Gasteiger partial charge is 0.246 e. The lowest BCUT2D eigenvalue weighted by molar-refractivity contribution is -0.125. The second-order valence-corrected chi connectivity index (χ2v) is 8.45. The van der Waals surface area contributed by atoms with Gasteiger partial charge in [-0.05, 0) is 43.7 Å². The van der Waals surface area contributed by atoms with Crippen LogP contribution in [0, 0.1) is 23.2 Å². The van der Waals surface area contributed by atoms with E-state index in [9.17, 15) is 10.1 Å². The first-order valence-corrected chi connectivity index (χ1v) is 10.5. The molecule has 154 valence electrons. The van der Waals surface area contributed by atoms with Crippen LogP contribution in [0.4, 0.5) is 5.69 Å². The first-order valence-electron chi connectivity index (χ1n) is 10.5. The van der Waals surface area contributed by atoms with Crippen LogP contribution in [0.25, 0.3) is 0 Å². The fraction of sp³-hybridized carbons (Fsp3) is 0.591. The third-order valence-electron chi connectivity index (χ3n) is 6.63. The van der Waals surface area contributed by atoms with Gasteiger partial charge in [-0.1, -0.05) is 13.0 Å². The number of ether oxygens (including phenoxy) is 1. The van der Waals surface area contributed by atoms with Crippen molar-refractivity contribution < 1.29 is 9.53 Å². The number of amides is 1. The molecule has 29 heavy (non-hydrogen) atoms. The molecular weight excluding hydrogens is 366 g/mol. The molecule has 2 fully saturated rings. The molecule has 1 spiro atoms. The van der Waals surface area contributed by atoms with E-state index >= 15 is 0 Å². The lowest BCUT2D eigenvalue weighted by Crippen LogP contribution is -2.60. The lowest BCUT2D eigenvalue weighted by atomic mass is 9.70. The molecule has 0 unspecified atom stereocenters. The molecule has 1 atom stereocenters. The minimum Gasteiger partial charge on any atom is -0.497 e. The van der Waals surface area contributed by atoms with Gasteiger partial charge in [-0.3, -0.25) is 10.1 Å². The summed E-state index contributed by atoms with van der Waals surface area (Å²) >= 11 is 0. The van der Waals surface area contributed by atoms with E-state index in [-0.39, 0.29) is 5.91 Å². The van der Waals surface area contributed by atoms with Crippen molar-refractivity contribution in [2.75, 3.05) is 38.2 Å². The van der Waals surface area contributed by atoms with Crippen LogP contribution in [0.1, 0.15) is 32.6 Å². The van der Waals surface area contributed by atoms with Crippen LogP contribution in [-0.2, 0) is 4.79 Å². The molecule has 1 aliphatic carbocycles. The molecule has 1 amide bonds. The molecule has 3 aliphatic rings. The highest BCUT2D eigenvalue weighted by atomic mass is 16.5. The molecule has 2 aliphatic heterocycles. The largest absolute Gasteiger partial charge is 0.497 e. The molecule has 4 rings (SSSR count). The van der Waals surface area contributed by atoms with Crippen LogP contribution in [-0.4, -0.2) is 55.6 Å². The normalized spacial score (nSPS) is 29.8. The number of anilines is 1. The Balaban J connectivity index is 1.49. The summed E-state index contributed by atoms with van der Waals surface area (Å²) in [7, 11) is 1.68. The number of hydrogen-bond donors (Lipinski definition) is 1. The Labute approximate surface area is 172 Å². The summed E-state index contributed by atoms with van der Waals surface area (Å²) in [5, 5.41) is 12.6. The molecule has 7 heteroatoms. The van der Waals surface area contributed by atoms with Crippen molar-refractivity contribution in [2.45, 2.75) is 38.1 Å². The maximum Gasteiger partial charge on any atom is 0.246 e. The number of aliphatic imine (C=N–C) groups is 1. The predicted molar refractivity (Wildman–Crippen MR) is 112 cm³/mol. The summed E-state index contributed by atoms with van der Waals surface area (Å²) in [5.74, 6) is 1.26. The van der Waals surface area contributed by atoms with E-state index in [1.165, 1.54) is 0 Å². The zero-order valence-corrected chi connectivity index (χ0v) is 17.2. The summed E-state index contributed by atoms with van der Waals surface area (Å²) in [5.41, 5.74) is 0.587. The highest BCUT2D eigenvalue weighted by Crippen LogP contribution is 2.42. The molecule has 1 saturated heterocycles. The summed E-state index contributed by atoms with van der Waals surface area (Å²) in [6, 6.07) is 10.3. The topological polar surface area (TPSA) is 81.0 Å². The average molecular weight is 396 g/mol. The van der Waals surface area contributed by atoms with Gasteiger partial charge < -0.3 is 14.5 Å². The Morgan fingerprint density at radius 3 is 2.55 bits per heavy atom. The van der Waals surface area contributed by atoms with Crippen LogP contribution < -0.4 is 15.0 Å². The Morgan fingerprint density at radius 2 is 1.90 bits per heavy atom. The summed E-state index contributed by atoms with van der Waals surface area (Å²) in [6.45, 7) is 5.47. The minimum absolute atomic E-state index is 0.192. The maximum atomic E-state index is 12.7. The zero-order chi connectivity index (χ0) is 20.4.